The maximum atomic E-state index is 8.99. The Morgan fingerprint density at radius 3 is 3.00 bits per heavy atom. The number of rotatable bonds is 0. The molecule has 2 nitrogen and oxygen atoms in total. The average Bonchev–Trinajstić information content (AvgIpc) is 2.18. The fourth-order valence-electron chi connectivity index (χ4n) is 1.53. The molecule has 1 aliphatic rings. The topological polar surface area (TPSA) is 36.1 Å². The maximum Gasteiger partial charge on any atom is 0.0997 e. The zero-order chi connectivity index (χ0) is 10.1. The van der Waals surface area contributed by atoms with Gasteiger partial charge in [-0.05, 0) is 36.9 Å². The van der Waals surface area contributed by atoms with E-state index in [2.05, 4.69) is 16.9 Å². The molecule has 2 rings (SSSR count). The van der Waals surface area contributed by atoms with Gasteiger partial charge in [0.1, 0.15) is 0 Å². The molecule has 0 N–H and O–H groups in total. The Kier molecular flexibility index (Phi) is 2.17. The second-order valence-electron chi connectivity index (χ2n) is 3.13. The average molecular weight is 200 g/mol. The molecule has 1 aromatic rings. The third-order valence-corrected chi connectivity index (χ3v) is 3.20. The van der Waals surface area contributed by atoms with Gasteiger partial charge in [0.2, 0.25) is 0 Å². The third kappa shape index (κ3) is 1.26. The summed E-state index contributed by atoms with van der Waals surface area (Å²) in [6.45, 7) is 3.90. The summed E-state index contributed by atoms with van der Waals surface area (Å²) in [5.74, 6) is 2.81. The summed E-state index contributed by atoms with van der Waals surface area (Å²) in [4.78, 5) is 5.23. The predicted molar refractivity (Wildman–Crippen MR) is 58.2 cm³/mol. The first-order valence-corrected chi connectivity index (χ1v) is 5.11. The highest BCUT2D eigenvalue weighted by molar-refractivity contribution is 8.02. The molecule has 1 aromatic carbocycles. The van der Waals surface area contributed by atoms with E-state index in [4.69, 9.17) is 5.26 Å². The Morgan fingerprint density at radius 1 is 1.50 bits per heavy atom. The van der Waals surface area contributed by atoms with Crippen LogP contribution in [-0.2, 0) is 0 Å². The first-order chi connectivity index (χ1) is 6.74. The van der Waals surface area contributed by atoms with E-state index in [1.165, 1.54) is 0 Å². The lowest BCUT2D eigenvalue weighted by Gasteiger charge is -2.11. The van der Waals surface area contributed by atoms with E-state index >= 15 is 0 Å². The predicted octanol–water partition coefficient (Wildman–Crippen LogP) is 3.10. The quantitative estimate of drug-likeness (QED) is 0.645. The molecule has 0 saturated heterocycles. The highest BCUT2D eigenvalue weighted by Crippen LogP contribution is 2.37. The van der Waals surface area contributed by atoms with Gasteiger partial charge >= 0.3 is 0 Å². The van der Waals surface area contributed by atoms with Crippen LogP contribution in [-0.4, -0.2) is 5.87 Å². The molecule has 0 radical (unpaired) electrons. The van der Waals surface area contributed by atoms with Crippen LogP contribution in [0, 0.1) is 25.2 Å². The molecular formula is C11H8N2S. The number of thioether (sulfide) groups is 1. The second kappa shape index (κ2) is 3.34. The van der Waals surface area contributed by atoms with E-state index in [0.717, 1.165) is 27.3 Å². The number of nitriles is 1. The summed E-state index contributed by atoms with van der Waals surface area (Å²) >= 11 is 1.57. The van der Waals surface area contributed by atoms with Crippen molar-refractivity contribution in [3.63, 3.8) is 0 Å². The normalized spacial score (nSPS) is 12.4. The van der Waals surface area contributed by atoms with Crippen LogP contribution in [0.25, 0.3) is 0 Å². The lowest BCUT2D eigenvalue weighted by molar-refractivity contribution is 1.21. The van der Waals surface area contributed by atoms with E-state index < -0.39 is 0 Å². The molecule has 0 atom stereocenters. The van der Waals surface area contributed by atoms with E-state index in [-0.39, 0.29) is 0 Å². The molecule has 0 aliphatic carbocycles. The van der Waals surface area contributed by atoms with Crippen molar-refractivity contribution >= 4 is 23.3 Å². The van der Waals surface area contributed by atoms with Gasteiger partial charge in [-0.1, -0.05) is 11.8 Å². The highest BCUT2D eigenvalue weighted by atomic mass is 32.2. The van der Waals surface area contributed by atoms with E-state index in [1.807, 2.05) is 25.3 Å². The van der Waals surface area contributed by atoms with Crippen LogP contribution in [0.3, 0.4) is 0 Å². The van der Waals surface area contributed by atoms with E-state index in [0.29, 0.717) is 0 Å². The van der Waals surface area contributed by atoms with Crippen LogP contribution in [0.4, 0.5) is 5.69 Å². The Labute approximate surface area is 87.0 Å². The van der Waals surface area contributed by atoms with Crippen LogP contribution < -0.4 is 0 Å². The first-order valence-electron chi connectivity index (χ1n) is 4.23. The highest BCUT2D eigenvalue weighted by Gasteiger charge is 2.13. The van der Waals surface area contributed by atoms with Crippen LogP contribution in [0.2, 0.25) is 0 Å². The van der Waals surface area contributed by atoms with Crippen molar-refractivity contribution < 1.29 is 0 Å². The summed E-state index contributed by atoms with van der Waals surface area (Å²) < 4.78 is 0. The van der Waals surface area contributed by atoms with Crippen LogP contribution in [0.1, 0.15) is 16.7 Å². The molecule has 0 spiro atoms. The van der Waals surface area contributed by atoms with Gasteiger partial charge in [0.25, 0.3) is 0 Å². The molecular weight excluding hydrogens is 192 g/mol. The number of nitrogens with zero attached hydrogens (tertiary/aromatic N) is 2. The Hall–Kier alpha value is -1.49. The number of aryl methyl sites for hydroxylation is 1. The minimum Gasteiger partial charge on any atom is -0.205 e. The van der Waals surface area contributed by atoms with Crippen molar-refractivity contribution in [2.75, 3.05) is 0 Å². The van der Waals surface area contributed by atoms with Crippen molar-refractivity contribution in [2.45, 2.75) is 18.7 Å². The fourth-order valence-corrected chi connectivity index (χ4v) is 2.26. The number of hydrogen-bond acceptors (Lipinski definition) is 3. The van der Waals surface area contributed by atoms with Crippen LogP contribution in [0.5, 0.6) is 0 Å². The van der Waals surface area contributed by atoms with Crippen molar-refractivity contribution in [3.05, 3.63) is 28.2 Å². The molecule has 0 aromatic heterocycles. The van der Waals surface area contributed by atoms with Gasteiger partial charge in [0.15, 0.2) is 0 Å². The Balaban J connectivity index is 2.77. The minimum atomic E-state index is 0.766. The third-order valence-electron chi connectivity index (χ3n) is 2.22. The molecule has 68 valence electrons. The second-order valence-corrected chi connectivity index (χ2v) is 4.01. The van der Waals surface area contributed by atoms with Gasteiger partial charge in [-0.2, -0.15) is 5.26 Å². The summed E-state index contributed by atoms with van der Waals surface area (Å²) in [6, 6.07) is 4.16. The van der Waals surface area contributed by atoms with E-state index in [9.17, 15) is 0 Å². The van der Waals surface area contributed by atoms with Gasteiger partial charge in [-0.15, -0.1) is 0 Å². The molecule has 1 heterocycles. The van der Waals surface area contributed by atoms with Crippen molar-refractivity contribution in [1.82, 2.24) is 0 Å². The number of fused-ring (bicyclic) bond motifs is 1. The van der Waals surface area contributed by atoms with Crippen molar-refractivity contribution in [3.8, 4) is 6.07 Å². The lowest BCUT2D eigenvalue weighted by atomic mass is 10.0. The summed E-state index contributed by atoms with van der Waals surface area (Å²) in [7, 11) is 0. The molecule has 14 heavy (non-hydrogen) atoms. The van der Waals surface area contributed by atoms with Crippen molar-refractivity contribution in [1.29, 1.82) is 5.26 Å². The van der Waals surface area contributed by atoms with Gasteiger partial charge in [-0.3, -0.25) is 0 Å². The van der Waals surface area contributed by atoms with Crippen molar-refractivity contribution in [2.24, 2.45) is 4.99 Å². The standard InChI is InChI=1S/C11H8N2S/c1-7-5-10-11(14-4-3-13-10)8(2)9(7)6-12/h4-5H,1-2H3. The fraction of sp³-hybridized carbons (Fsp3) is 0.182. The summed E-state index contributed by atoms with van der Waals surface area (Å²) in [5, 5.41) is 10.8. The number of aliphatic imine (C=N–C) groups is 1. The van der Waals surface area contributed by atoms with Crippen LogP contribution >= 0.6 is 11.8 Å². The Morgan fingerprint density at radius 2 is 2.29 bits per heavy atom. The Bertz CT molecular complexity index is 503. The zero-order valence-corrected chi connectivity index (χ0v) is 8.77. The molecule has 0 saturated carbocycles. The van der Waals surface area contributed by atoms with Gasteiger partial charge in [0.05, 0.1) is 17.3 Å². The molecule has 1 aliphatic heterocycles. The van der Waals surface area contributed by atoms with Gasteiger partial charge < -0.3 is 0 Å². The maximum absolute atomic E-state index is 8.99. The summed E-state index contributed by atoms with van der Waals surface area (Å²) in [5.41, 5.74) is 3.69. The van der Waals surface area contributed by atoms with Crippen LogP contribution in [0.15, 0.2) is 21.4 Å². The zero-order valence-electron chi connectivity index (χ0n) is 7.96. The van der Waals surface area contributed by atoms with E-state index in [1.54, 1.807) is 11.8 Å². The smallest absolute Gasteiger partial charge is 0.0997 e. The molecule has 0 unspecified atom stereocenters. The first kappa shape index (κ1) is 9.08. The summed E-state index contributed by atoms with van der Waals surface area (Å²) in [6.07, 6.45) is 0. The molecule has 0 fully saturated rings. The molecule has 3 heteroatoms. The number of hydrogen-bond donors (Lipinski definition) is 0. The van der Waals surface area contributed by atoms with Gasteiger partial charge in [-0.25, -0.2) is 4.99 Å². The molecule has 0 amide bonds. The number of benzene rings is 1. The largest absolute Gasteiger partial charge is 0.205 e. The lowest BCUT2D eigenvalue weighted by Crippen LogP contribution is -1.92. The minimum absolute atomic E-state index is 0.766. The SMILES string of the molecule is Cc1cc2c(c(C)c1C#N)SC=C=N2. The van der Waals surface area contributed by atoms with Gasteiger partial charge in [0, 0.05) is 10.3 Å². The molecule has 0 bridgehead atoms. The monoisotopic (exact) mass is 200 g/mol.